The maximum atomic E-state index is 12.9. The van der Waals surface area contributed by atoms with Gasteiger partial charge in [0.2, 0.25) is 5.91 Å². The lowest BCUT2D eigenvalue weighted by Crippen LogP contribution is -2.25. The number of benzene rings is 1. The lowest BCUT2D eigenvalue weighted by molar-refractivity contribution is -0.117. The van der Waals surface area contributed by atoms with Gasteiger partial charge in [-0.25, -0.2) is 4.39 Å². The summed E-state index contributed by atoms with van der Waals surface area (Å²) in [4.78, 5) is 13.2. The minimum Gasteiger partial charge on any atom is -0.397 e. The maximum Gasteiger partial charge on any atom is 0.228 e. The van der Waals surface area contributed by atoms with Gasteiger partial charge < -0.3 is 10.6 Å². The Morgan fingerprint density at radius 3 is 2.88 bits per heavy atom. The van der Waals surface area contributed by atoms with E-state index in [1.165, 1.54) is 23.1 Å². The number of nitrogen functional groups attached to an aromatic ring is 1. The third-order valence-electron chi connectivity index (χ3n) is 2.64. The summed E-state index contributed by atoms with van der Waals surface area (Å²) in [6.07, 6.45) is 5.61. The number of carbonyl (C=O) groups is 1. The van der Waals surface area contributed by atoms with Crippen molar-refractivity contribution < 1.29 is 9.18 Å². The Balaban J connectivity index is 2.32. The van der Waals surface area contributed by atoms with Crippen molar-refractivity contribution in [1.29, 1.82) is 0 Å². The number of rotatable bonds is 1. The Hall–Kier alpha value is -2.02. The van der Waals surface area contributed by atoms with E-state index in [-0.39, 0.29) is 17.5 Å². The zero-order chi connectivity index (χ0) is 11.7. The molecular weight excluding hydrogens is 207 g/mol. The zero-order valence-corrected chi connectivity index (χ0v) is 8.61. The van der Waals surface area contributed by atoms with Crippen LogP contribution in [0.3, 0.4) is 0 Å². The molecule has 0 spiro atoms. The van der Waals surface area contributed by atoms with E-state index in [2.05, 4.69) is 5.92 Å². The highest BCUT2D eigenvalue weighted by Crippen LogP contribution is 2.29. The molecule has 1 aromatic rings. The molecule has 2 N–H and O–H groups in total. The van der Waals surface area contributed by atoms with E-state index in [4.69, 9.17) is 12.2 Å². The molecule has 1 amide bonds. The molecule has 1 saturated heterocycles. The molecule has 2 rings (SSSR count). The van der Waals surface area contributed by atoms with Crippen LogP contribution in [-0.2, 0) is 4.79 Å². The van der Waals surface area contributed by atoms with Crippen LogP contribution in [0.1, 0.15) is 6.42 Å². The molecule has 1 atom stereocenters. The summed E-state index contributed by atoms with van der Waals surface area (Å²) >= 11 is 0. The average Bonchev–Trinajstić information content (AvgIpc) is 2.60. The molecule has 82 valence electrons. The molecule has 1 fully saturated rings. The number of terminal acetylenes is 1. The highest BCUT2D eigenvalue weighted by atomic mass is 19.1. The van der Waals surface area contributed by atoms with Crippen LogP contribution in [0.25, 0.3) is 0 Å². The van der Waals surface area contributed by atoms with E-state index < -0.39 is 5.82 Å². The Labute approximate surface area is 93.0 Å². The van der Waals surface area contributed by atoms with Gasteiger partial charge in [0.15, 0.2) is 0 Å². The summed E-state index contributed by atoms with van der Waals surface area (Å²) in [7, 11) is 0. The minimum absolute atomic E-state index is 0.0683. The van der Waals surface area contributed by atoms with Crippen LogP contribution >= 0.6 is 0 Å². The largest absolute Gasteiger partial charge is 0.397 e. The van der Waals surface area contributed by atoms with Gasteiger partial charge in [-0.3, -0.25) is 4.79 Å². The highest BCUT2D eigenvalue weighted by Gasteiger charge is 2.30. The predicted octanol–water partition coefficient (Wildman–Crippen LogP) is 1.39. The van der Waals surface area contributed by atoms with Gasteiger partial charge in [-0.2, -0.15) is 0 Å². The van der Waals surface area contributed by atoms with Crippen molar-refractivity contribution in [2.75, 3.05) is 17.2 Å². The van der Waals surface area contributed by atoms with Gasteiger partial charge >= 0.3 is 0 Å². The number of halogens is 1. The smallest absolute Gasteiger partial charge is 0.228 e. The topological polar surface area (TPSA) is 46.3 Å². The molecule has 4 heteroatoms. The molecule has 1 aromatic carbocycles. The second kappa shape index (κ2) is 3.86. The van der Waals surface area contributed by atoms with Crippen LogP contribution in [0.5, 0.6) is 0 Å². The first-order chi connectivity index (χ1) is 7.61. The first-order valence-corrected chi connectivity index (χ1v) is 4.93. The second-order valence-electron chi connectivity index (χ2n) is 3.78. The number of nitrogens with zero attached hydrogens (tertiary/aromatic N) is 1. The molecule has 0 radical (unpaired) electrons. The Bertz CT molecular complexity index is 478. The van der Waals surface area contributed by atoms with Crippen LogP contribution in [0.4, 0.5) is 15.8 Å². The van der Waals surface area contributed by atoms with Gasteiger partial charge in [0.05, 0.1) is 11.4 Å². The van der Waals surface area contributed by atoms with Crippen molar-refractivity contribution in [2.45, 2.75) is 6.42 Å². The van der Waals surface area contributed by atoms with Crippen molar-refractivity contribution in [1.82, 2.24) is 0 Å². The van der Waals surface area contributed by atoms with E-state index in [1.807, 2.05) is 0 Å². The van der Waals surface area contributed by atoms with Crippen molar-refractivity contribution >= 4 is 17.3 Å². The van der Waals surface area contributed by atoms with Crippen LogP contribution in [0.2, 0.25) is 0 Å². The average molecular weight is 218 g/mol. The van der Waals surface area contributed by atoms with Gasteiger partial charge in [-0.05, 0) is 18.2 Å². The van der Waals surface area contributed by atoms with E-state index in [1.54, 1.807) is 0 Å². The van der Waals surface area contributed by atoms with Gasteiger partial charge in [-0.1, -0.05) is 0 Å². The summed E-state index contributed by atoms with van der Waals surface area (Å²) < 4.78 is 12.9. The Kier molecular flexibility index (Phi) is 2.53. The number of anilines is 2. The molecule has 0 bridgehead atoms. The fourth-order valence-electron chi connectivity index (χ4n) is 1.82. The molecule has 0 aliphatic carbocycles. The van der Waals surface area contributed by atoms with E-state index in [0.717, 1.165) is 0 Å². The Morgan fingerprint density at radius 1 is 1.56 bits per heavy atom. The normalized spacial score (nSPS) is 19.9. The molecule has 1 aliphatic heterocycles. The van der Waals surface area contributed by atoms with Gasteiger partial charge in [0, 0.05) is 18.9 Å². The van der Waals surface area contributed by atoms with Gasteiger partial charge in [0.1, 0.15) is 5.82 Å². The lowest BCUT2D eigenvalue weighted by atomic mass is 10.1. The summed E-state index contributed by atoms with van der Waals surface area (Å²) in [5, 5.41) is 0. The van der Waals surface area contributed by atoms with E-state index in [9.17, 15) is 9.18 Å². The third kappa shape index (κ3) is 1.72. The fraction of sp³-hybridized carbons (Fsp3) is 0.250. The van der Waals surface area contributed by atoms with E-state index in [0.29, 0.717) is 18.7 Å². The predicted molar refractivity (Wildman–Crippen MR) is 60.1 cm³/mol. The van der Waals surface area contributed by atoms with Crippen molar-refractivity contribution in [2.24, 2.45) is 5.92 Å². The second-order valence-corrected chi connectivity index (χ2v) is 3.78. The molecule has 0 aromatic heterocycles. The molecular formula is C12H11FN2O. The van der Waals surface area contributed by atoms with Crippen LogP contribution in [0, 0.1) is 24.1 Å². The minimum atomic E-state index is -0.415. The van der Waals surface area contributed by atoms with Crippen LogP contribution < -0.4 is 10.6 Å². The number of nitrogens with two attached hydrogens (primary N) is 1. The van der Waals surface area contributed by atoms with Crippen molar-refractivity contribution in [3.8, 4) is 12.3 Å². The molecule has 1 unspecified atom stereocenters. The van der Waals surface area contributed by atoms with Crippen LogP contribution in [0.15, 0.2) is 18.2 Å². The summed E-state index contributed by atoms with van der Waals surface area (Å²) in [5.74, 6) is 1.98. The molecule has 1 aliphatic rings. The number of amides is 1. The molecule has 1 heterocycles. The monoisotopic (exact) mass is 218 g/mol. The fourth-order valence-corrected chi connectivity index (χ4v) is 1.82. The summed E-state index contributed by atoms with van der Waals surface area (Å²) in [5.41, 5.74) is 6.45. The van der Waals surface area contributed by atoms with Crippen LogP contribution in [-0.4, -0.2) is 12.5 Å². The molecule has 0 saturated carbocycles. The lowest BCUT2D eigenvalue weighted by Gasteiger charge is -2.17. The van der Waals surface area contributed by atoms with Gasteiger partial charge in [0.25, 0.3) is 0 Å². The number of hydrogen-bond donors (Lipinski definition) is 1. The highest BCUT2D eigenvalue weighted by molar-refractivity contribution is 5.98. The summed E-state index contributed by atoms with van der Waals surface area (Å²) in [6, 6.07) is 3.98. The maximum absolute atomic E-state index is 12.9. The number of hydrogen-bond acceptors (Lipinski definition) is 2. The third-order valence-corrected chi connectivity index (χ3v) is 2.64. The quantitative estimate of drug-likeness (QED) is 0.572. The first-order valence-electron chi connectivity index (χ1n) is 4.93. The van der Waals surface area contributed by atoms with Crippen molar-refractivity contribution in [3.63, 3.8) is 0 Å². The zero-order valence-electron chi connectivity index (χ0n) is 8.61. The van der Waals surface area contributed by atoms with Crippen molar-refractivity contribution in [3.05, 3.63) is 24.0 Å². The first kappa shape index (κ1) is 10.5. The summed E-state index contributed by atoms with van der Waals surface area (Å²) in [6.45, 7) is 0.450. The SMILES string of the molecule is C#CC1CC(=O)N(c2ccc(F)cc2N)C1. The number of carbonyl (C=O) groups excluding carboxylic acids is 1. The Morgan fingerprint density at radius 2 is 2.31 bits per heavy atom. The molecule has 16 heavy (non-hydrogen) atoms. The van der Waals surface area contributed by atoms with Gasteiger partial charge in [-0.15, -0.1) is 12.3 Å². The molecule has 3 nitrogen and oxygen atoms in total. The standard InChI is InChI=1S/C12H11FN2O/c1-2-8-5-12(16)15(7-8)11-4-3-9(13)6-10(11)14/h1,3-4,6,8H,5,7,14H2. The van der Waals surface area contributed by atoms with E-state index >= 15 is 0 Å².